The third kappa shape index (κ3) is 6.45. The van der Waals surface area contributed by atoms with E-state index in [1.165, 1.54) is 24.8 Å². The van der Waals surface area contributed by atoms with Crippen LogP contribution >= 0.6 is 23.8 Å². The van der Waals surface area contributed by atoms with Gasteiger partial charge in [0.15, 0.2) is 5.11 Å². The van der Waals surface area contributed by atoms with Gasteiger partial charge in [-0.15, -0.1) is 0 Å². The quantitative estimate of drug-likeness (QED) is 0.515. The van der Waals surface area contributed by atoms with Crippen LogP contribution in [0.15, 0.2) is 30.3 Å². The molecule has 0 bridgehead atoms. The summed E-state index contributed by atoms with van der Waals surface area (Å²) in [7, 11) is 0. The van der Waals surface area contributed by atoms with E-state index >= 15 is 0 Å². The number of halogens is 1. The molecule has 0 radical (unpaired) electrons. The van der Waals surface area contributed by atoms with Crippen molar-refractivity contribution in [2.45, 2.75) is 50.5 Å². The summed E-state index contributed by atoms with van der Waals surface area (Å²) in [6, 6.07) is 10.7. The number of morpholine rings is 1. The van der Waals surface area contributed by atoms with Gasteiger partial charge in [0.05, 0.1) is 13.2 Å². The molecule has 2 aromatic rings. The van der Waals surface area contributed by atoms with Crippen molar-refractivity contribution in [3.05, 3.63) is 40.9 Å². The Morgan fingerprint density at radius 1 is 1.03 bits per heavy atom. The lowest BCUT2D eigenvalue weighted by molar-refractivity contribution is 0.0515. The Morgan fingerprint density at radius 3 is 2.46 bits per heavy atom. The lowest BCUT2D eigenvalue weighted by Crippen LogP contribution is -2.45. The first-order valence-electron chi connectivity index (χ1n) is 13.4. The fraction of sp³-hybridized carbons (Fsp3) is 0.593. The first-order valence-corrected chi connectivity index (χ1v) is 14.2. The van der Waals surface area contributed by atoms with Crippen molar-refractivity contribution >= 4 is 46.5 Å². The van der Waals surface area contributed by atoms with Crippen LogP contribution in [0.5, 0.6) is 0 Å². The van der Waals surface area contributed by atoms with Crippen molar-refractivity contribution in [3.8, 4) is 0 Å². The number of aromatic nitrogens is 2. The van der Waals surface area contributed by atoms with Gasteiger partial charge in [-0.2, -0.15) is 9.97 Å². The molecule has 1 aromatic carbocycles. The largest absolute Gasteiger partial charge is 0.381 e. The van der Waals surface area contributed by atoms with E-state index in [0.29, 0.717) is 36.9 Å². The molecular formula is C27H37ClN6O2S. The molecule has 2 N–H and O–H groups in total. The molecule has 0 amide bonds. The SMILES string of the molecule is C[C@@H]1CCCCN1c1cc(N2CCOCC2)nc(NC(=S)NCC2(c3ccc(Cl)cc3)CCOCC2)n1. The van der Waals surface area contributed by atoms with Gasteiger partial charge in [-0.05, 0) is 68.9 Å². The fourth-order valence-corrected chi connectivity index (χ4v) is 5.84. The number of rotatable bonds is 6. The Bertz CT molecular complexity index is 1060. The zero-order valence-corrected chi connectivity index (χ0v) is 23.1. The van der Waals surface area contributed by atoms with E-state index < -0.39 is 0 Å². The molecule has 37 heavy (non-hydrogen) atoms. The Hall–Kier alpha value is -2.20. The van der Waals surface area contributed by atoms with E-state index in [1.54, 1.807) is 0 Å². The summed E-state index contributed by atoms with van der Waals surface area (Å²) in [6.07, 6.45) is 5.46. The highest BCUT2D eigenvalue weighted by Crippen LogP contribution is 2.35. The average Bonchev–Trinajstić information content (AvgIpc) is 2.93. The molecule has 10 heteroatoms. The zero-order valence-electron chi connectivity index (χ0n) is 21.5. The van der Waals surface area contributed by atoms with E-state index in [0.717, 1.165) is 62.3 Å². The number of hydrogen-bond donors (Lipinski definition) is 2. The molecule has 3 aliphatic rings. The summed E-state index contributed by atoms with van der Waals surface area (Å²) >= 11 is 11.9. The third-order valence-electron chi connectivity index (χ3n) is 7.85. The van der Waals surface area contributed by atoms with Crippen molar-refractivity contribution in [2.75, 3.05) is 67.7 Å². The lowest BCUT2D eigenvalue weighted by atomic mass is 9.74. The monoisotopic (exact) mass is 544 g/mol. The molecule has 3 saturated heterocycles. The highest BCUT2D eigenvalue weighted by molar-refractivity contribution is 7.80. The Labute approximate surface area is 230 Å². The molecule has 0 spiro atoms. The number of anilines is 3. The topological polar surface area (TPSA) is 74.8 Å². The Balaban J connectivity index is 1.33. The molecule has 8 nitrogen and oxygen atoms in total. The summed E-state index contributed by atoms with van der Waals surface area (Å²) in [4.78, 5) is 14.4. The molecule has 0 saturated carbocycles. The molecule has 1 atom stereocenters. The van der Waals surface area contributed by atoms with Gasteiger partial charge in [0, 0.05) is 61.9 Å². The molecule has 3 aliphatic heterocycles. The van der Waals surface area contributed by atoms with Crippen LogP contribution in [0.3, 0.4) is 0 Å². The lowest BCUT2D eigenvalue weighted by Gasteiger charge is -2.38. The van der Waals surface area contributed by atoms with E-state index in [1.807, 2.05) is 12.1 Å². The van der Waals surface area contributed by atoms with Crippen LogP contribution in [0.2, 0.25) is 5.02 Å². The molecular weight excluding hydrogens is 508 g/mol. The normalized spacial score (nSPS) is 21.9. The predicted octanol–water partition coefficient (Wildman–Crippen LogP) is 4.38. The third-order valence-corrected chi connectivity index (χ3v) is 8.35. The summed E-state index contributed by atoms with van der Waals surface area (Å²) in [6.45, 7) is 8.49. The van der Waals surface area contributed by atoms with Gasteiger partial charge in [0.1, 0.15) is 11.6 Å². The molecule has 200 valence electrons. The van der Waals surface area contributed by atoms with E-state index in [2.05, 4.69) is 45.6 Å². The first-order chi connectivity index (χ1) is 18.0. The number of piperidine rings is 1. The van der Waals surface area contributed by atoms with Gasteiger partial charge in [-0.1, -0.05) is 23.7 Å². The van der Waals surface area contributed by atoms with Crippen molar-refractivity contribution < 1.29 is 9.47 Å². The van der Waals surface area contributed by atoms with Crippen molar-refractivity contribution in [1.29, 1.82) is 0 Å². The Kier molecular flexibility index (Phi) is 8.64. The average molecular weight is 545 g/mol. The maximum atomic E-state index is 6.16. The van der Waals surface area contributed by atoms with Crippen molar-refractivity contribution in [2.24, 2.45) is 0 Å². The van der Waals surface area contributed by atoms with E-state index in [4.69, 9.17) is 43.3 Å². The number of hydrogen-bond acceptors (Lipinski definition) is 7. The maximum Gasteiger partial charge on any atom is 0.232 e. The van der Waals surface area contributed by atoms with Gasteiger partial charge in [0.25, 0.3) is 0 Å². The number of ether oxygens (including phenoxy) is 2. The van der Waals surface area contributed by atoms with Crippen LogP contribution in [0.25, 0.3) is 0 Å². The molecule has 0 unspecified atom stereocenters. The van der Waals surface area contributed by atoms with E-state index in [-0.39, 0.29) is 5.41 Å². The van der Waals surface area contributed by atoms with Gasteiger partial charge in [-0.25, -0.2) is 0 Å². The van der Waals surface area contributed by atoms with Crippen LogP contribution in [0.4, 0.5) is 17.6 Å². The molecule has 0 aliphatic carbocycles. The molecule has 3 fully saturated rings. The van der Waals surface area contributed by atoms with Crippen LogP contribution in [-0.4, -0.2) is 73.7 Å². The second kappa shape index (κ2) is 12.1. The highest BCUT2D eigenvalue weighted by Gasteiger charge is 2.34. The van der Waals surface area contributed by atoms with Crippen LogP contribution in [0.1, 0.15) is 44.6 Å². The van der Waals surface area contributed by atoms with Crippen molar-refractivity contribution in [3.63, 3.8) is 0 Å². The predicted molar refractivity (Wildman–Crippen MR) is 153 cm³/mol. The summed E-state index contributed by atoms with van der Waals surface area (Å²) in [5.41, 5.74) is 1.18. The summed E-state index contributed by atoms with van der Waals surface area (Å²) in [5.74, 6) is 2.40. The number of nitrogens with one attached hydrogen (secondary N) is 2. The molecule has 5 rings (SSSR count). The smallest absolute Gasteiger partial charge is 0.232 e. The van der Waals surface area contributed by atoms with Crippen LogP contribution < -0.4 is 20.4 Å². The number of benzene rings is 1. The minimum atomic E-state index is -0.0700. The van der Waals surface area contributed by atoms with Crippen LogP contribution in [0, 0.1) is 0 Å². The fourth-order valence-electron chi connectivity index (χ4n) is 5.55. The van der Waals surface area contributed by atoms with Gasteiger partial charge < -0.3 is 29.9 Å². The Morgan fingerprint density at radius 2 is 1.73 bits per heavy atom. The second-order valence-corrected chi connectivity index (χ2v) is 11.1. The maximum absolute atomic E-state index is 6.16. The number of nitrogens with zero attached hydrogens (tertiary/aromatic N) is 4. The minimum Gasteiger partial charge on any atom is -0.381 e. The summed E-state index contributed by atoms with van der Waals surface area (Å²) in [5, 5.41) is 8.03. The first kappa shape index (κ1) is 26.4. The summed E-state index contributed by atoms with van der Waals surface area (Å²) < 4.78 is 11.2. The highest BCUT2D eigenvalue weighted by atomic mass is 35.5. The second-order valence-electron chi connectivity index (χ2n) is 10.3. The van der Waals surface area contributed by atoms with Gasteiger partial charge in [0.2, 0.25) is 5.95 Å². The van der Waals surface area contributed by atoms with Crippen molar-refractivity contribution in [1.82, 2.24) is 15.3 Å². The van der Waals surface area contributed by atoms with Gasteiger partial charge >= 0.3 is 0 Å². The van der Waals surface area contributed by atoms with Gasteiger partial charge in [-0.3, -0.25) is 0 Å². The molecule has 1 aromatic heterocycles. The zero-order chi connectivity index (χ0) is 25.7. The standard InChI is InChI=1S/C27H37ClN6O2S/c1-20-4-2-3-11-34(20)24-18-23(33-12-16-36-17-13-33)30-25(31-24)32-26(37)29-19-27(9-14-35-15-10-27)21-5-7-22(28)8-6-21/h5-8,18,20H,2-4,9-17,19H2,1H3,(H2,29,30,31,32,37)/t20-/m1/s1. The number of thiocarbonyl (C=S) groups is 1. The van der Waals surface area contributed by atoms with E-state index in [9.17, 15) is 0 Å². The molecule has 4 heterocycles. The van der Waals surface area contributed by atoms with Crippen LogP contribution in [-0.2, 0) is 14.9 Å². The minimum absolute atomic E-state index is 0.0700.